The van der Waals surface area contributed by atoms with Gasteiger partial charge in [-0.25, -0.2) is 19.3 Å². The van der Waals surface area contributed by atoms with Crippen LogP contribution in [0.1, 0.15) is 63.7 Å². The Hall–Kier alpha value is -4.33. The van der Waals surface area contributed by atoms with E-state index >= 15 is 0 Å². The van der Waals surface area contributed by atoms with Gasteiger partial charge in [0, 0.05) is 29.6 Å². The van der Waals surface area contributed by atoms with E-state index in [2.05, 4.69) is 21.5 Å². The molecule has 0 fully saturated rings. The highest BCUT2D eigenvalue weighted by Gasteiger charge is 2.31. The third-order valence-corrected chi connectivity index (χ3v) is 7.77. The monoisotopic (exact) mass is 565 g/mol. The van der Waals surface area contributed by atoms with Crippen LogP contribution in [0.15, 0.2) is 72.9 Å². The van der Waals surface area contributed by atoms with E-state index in [1.54, 1.807) is 18.3 Å². The molecule has 1 atom stereocenters. The van der Waals surface area contributed by atoms with Crippen molar-refractivity contribution < 1.29 is 13.9 Å². The molecule has 4 heterocycles. The number of para-hydroxylation sites is 1. The molecule has 8 heteroatoms. The van der Waals surface area contributed by atoms with E-state index in [1.807, 2.05) is 42.5 Å². The first-order valence-electron chi connectivity index (χ1n) is 15.0. The normalized spacial score (nSPS) is 14.3. The number of aryl methyl sites for hydroxylation is 1. The van der Waals surface area contributed by atoms with Crippen LogP contribution in [-0.2, 0) is 6.42 Å². The number of aromatic nitrogens is 5. The molecule has 0 radical (unpaired) electrons. The summed E-state index contributed by atoms with van der Waals surface area (Å²) in [7, 11) is 0. The van der Waals surface area contributed by atoms with Crippen LogP contribution in [0.4, 0.5) is 4.39 Å². The Bertz CT molecular complexity index is 1640. The molecule has 2 aromatic carbocycles. The average molecular weight is 566 g/mol. The summed E-state index contributed by atoms with van der Waals surface area (Å²) < 4.78 is 28.2. The quantitative estimate of drug-likeness (QED) is 0.135. The molecule has 1 unspecified atom stereocenters. The summed E-state index contributed by atoms with van der Waals surface area (Å²) in [6.07, 6.45) is 10.5. The summed E-state index contributed by atoms with van der Waals surface area (Å²) in [4.78, 5) is 18.9. The molecule has 216 valence electrons. The van der Waals surface area contributed by atoms with Gasteiger partial charge < -0.3 is 14.0 Å². The Balaban J connectivity index is 1.26. The average Bonchev–Trinajstić information content (AvgIpc) is 3.59. The number of rotatable bonds is 13. The van der Waals surface area contributed by atoms with Crippen LogP contribution < -0.4 is 9.47 Å². The fourth-order valence-corrected chi connectivity index (χ4v) is 5.58. The molecule has 0 saturated heterocycles. The Morgan fingerprint density at radius 3 is 2.57 bits per heavy atom. The van der Waals surface area contributed by atoms with Crippen LogP contribution >= 0.6 is 0 Å². The van der Waals surface area contributed by atoms with E-state index < -0.39 is 0 Å². The van der Waals surface area contributed by atoms with Gasteiger partial charge in [0.05, 0.1) is 35.2 Å². The van der Waals surface area contributed by atoms with E-state index in [1.165, 1.54) is 37.8 Å². The van der Waals surface area contributed by atoms with Gasteiger partial charge in [-0.1, -0.05) is 57.2 Å². The first-order chi connectivity index (χ1) is 20.7. The molecule has 0 aliphatic carbocycles. The molecule has 1 aliphatic heterocycles. The number of nitrogens with zero attached hydrogens (tertiary/aromatic N) is 5. The molecule has 6 rings (SSSR count). The summed E-state index contributed by atoms with van der Waals surface area (Å²) in [5.74, 6) is 1.26. The van der Waals surface area contributed by atoms with Crippen molar-refractivity contribution >= 4 is 10.9 Å². The second-order valence-electron chi connectivity index (χ2n) is 10.8. The lowest BCUT2D eigenvalue weighted by atomic mass is 10.1. The minimum absolute atomic E-state index is 0.0347. The Labute approximate surface area is 245 Å². The largest absolute Gasteiger partial charge is 0.475 e. The highest BCUT2D eigenvalue weighted by atomic mass is 19.1. The lowest BCUT2D eigenvalue weighted by Gasteiger charge is -2.18. The van der Waals surface area contributed by atoms with Crippen molar-refractivity contribution in [3.63, 3.8) is 0 Å². The predicted octanol–water partition coefficient (Wildman–Crippen LogP) is 8.00. The number of pyridine rings is 1. The molecular formula is C34H36FN5O2. The van der Waals surface area contributed by atoms with Crippen molar-refractivity contribution in [1.82, 2.24) is 24.5 Å². The summed E-state index contributed by atoms with van der Waals surface area (Å²) in [6, 6.07) is 20.7. The molecule has 0 N–H and O–H groups in total. The molecule has 0 spiro atoms. The van der Waals surface area contributed by atoms with Gasteiger partial charge in [0.1, 0.15) is 18.2 Å². The van der Waals surface area contributed by atoms with Crippen molar-refractivity contribution in [2.75, 3.05) is 13.2 Å². The van der Waals surface area contributed by atoms with Gasteiger partial charge in [0.25, 0.3) is 0 Å². The maximum absolute atomic E-state index is 13.8. The van der Waals surface area contributed by atoms with Crippen LogP contribution in [-0.4, -0.2) is 37.7 Å². The first kappa shape index (κ1) is 27.8. The number of fused-ring (bicyclic) bond motifs is 2. The van der Waals surface area contributed by atoms with Crippen molar-refractivity contribution in [2.45, 2.75) is 64.3 Å². The number of unbranched alkanes of at least 4 members (excludes halogenated alkanes) is 5. The first-order valence-corrected chi connectivity index (χ1v) is 15.0. The third kappa shape index (κ3) is 6.27. The zero-order valence-electron chi connectivity index (χ0n) is 24.0. The number of hydrogen-bond acceptors (Lipinski definition) is 6. The Kier molecular flexibility index (Phi) is 8.68. The fraction of sp³-hybridized carbons (Fsp3) is 0.353. The van der Waals surface area contributed by atoms with Crippen LogP contribution in [0, 0.1) is 5.82 Å². The highest BCUT2D eigenvalue weighted by molar-refractivity contribution is 5.79. The number of hydrogen-bond donors (Lipinski definition) is 0. The molecular weight excluding hydrogens is 529 g/mol. The van der Waals surface area contributed by atoms with Crippen molar-refractivity contribution in [1.29, 1.82) is 0 Å². The zero-order chi connectivity index (χ0) is 28.7. The Morgan fingerprint density at radius 2 is 1.69 bits per heavy atom. The topological polar surface area (TPSA) is 75.0 Å². The summed E-state index contributed by atoms with van der Waals surface area (Å²) in [6.45, 7) is 3.25. The summed E-state index contributed by atoms with van der Waals surface area (Å²) in [5.41, 5.74) is 4.08. The molecule has 7 nitrogen and oxygen atoms in total. The van der Waals surface area contributed by atoms with Crippen molar-refractivity contribution in [3.05, 3.63) is 84.6 Å². The zero-order valence-corrected chi connectivity index (χ0v) is 24.0. The van der Waals surface area contributed by atoms with E-state index in [9.17, 15) is 4.39 Å². The summed E-state index contributed by atoms with van der Waals surface area (Å²) in [5, 5.41) is 1.08. The van der Waals surface area contributed by atoms with E-state index in [4.69, 9.17) is 19.4 Å². The van der Waals surface area contributed by atoms with Gasteiger partial charge in [-0.2, -0.15) is 4.98 Å². The molecule has 3 aromatic heterocycles. The minimum Gasteiger partial charge on any atom is -0.475 e. The van der Waals surface area contributed by atoms with Gasteiger partial charge >= 0.3 is 6.01 Å². The number of imidazole rings is 1. The van der Waals surface area contributed by atoms with Crippen LogP contribution in [0.5, 0.6) is 11.9 Å². The van der Waals surface area contributed by atoms with Gasteiger partial charge in [-0.15, -0.1) is 0 Å². The van der Waals surface area contributed by atoms with Crippen LogP contribution in [0.2, 0.25) is 0 Å². The lowest BCUT2D eigenvalue weighted by Crippen LogP contribution is -2.15. The number of ether oxygens (including phenoxy) is 2. The molecule has 42 heavy (non-hydrogen) atoms. The molecule has 0 amide bonds. The summed E-state index contributed by atoms with van der Waals surface area (Å²) >= 11 is 0. The fourth-order valence-electron chi connectivity index (χ4n) is 5.58. The second-order valence-corrected chi connectivity index (χ2v) is 10.8. The molecule has 1 aliphatic rings. The van der Waals surface area contributed by atoms with Gasteiger partial charge in [-0.05, 0) is 55.3 Å². The van der Waals surface area contributed by atoms with Gasteiger partial charge in [0.15, 0.2) is 0 Å². The van der Waals surface area contributed by atoms with Crippen LogP contribution in [0.25, 0.3) is 33.5 Å². The van der Waals surface area contributed by atoms with Gasteiger partial charge in [0.2, 0.25) is 5.88 Å². The third-order valence-electron chi connectivity index (χ3n) is 7.77. The molecule has 0 bridgehead atoms. The lowest BCUT2D eigenvalue weighted by molar-refractivity contribution is 0.248. The van der Waals surface area contributed by atoms with Gasteiger partial charge in [-0.3, -0.25) is 0 Å². The van der Waals surface area contributed by atoms with E-state index in [0.29, 0.717) is 25.1 Å². The maximum Gasteiger partial charge on any atom is 0.316 e. The van der Waals surface area contributed by atoms with Crippen molar-refractivity contribution in [3.8, 4) is 34.5 Å². The smallest absolute Gasteiger partial charge is 0.316 e. The minimum atomic E-state index is -0.284. The highest BCUT2D eigenvalue weighted by Crippen LogP contribution is 2.39. The number of benzene rings is 2. The maximum atomic E-state index is 13.8. The standard InChI is InChI=1S/C34H36FN5O2/c1-2-3-4-5-6-9-22-41-34-36-21-20-29(38-34)33-32(25-12-15-26(35)16-13-25)39-30-18-17-27(40(30)33)23-42-31-19-14-24-10-7-8-11-28(24)37-31/h7-8,10-16,19-21,27H,2-6,9,17-18,22-23H2,1H3. The molecule has 0 saturated carbocycles. The predicted molar refractivity (Wildman–Crippen MR) is 162 cm³/mol. The van der Waals surface area contributed by atoms with E-state index in [0.717, 1.165) is 65.1 Å². The van der Waals surface area contributed by atoms with Crippen LogP contribution in [0.3, 0.4) is 0 Å². The van der Waals surface area contributed by atoms with E-state index in [-0.39, 0.29) is 11.9 Å². The SMILES string of the molecule is CCCCCCCCOc1nccc(-c2c(-c3ccc(F)cc3)nc3n2C(COc2ccc4ccccc4n2)CC3)n1. The Morgan fingerprint density at radius 1 is 0.857 bits per heavy atom. The molecule has 5 aromatic rings. The number of halogens is 1. The van der Waals surface area contributed by atoms with Crippen molar-refractivity contribution in [2.24, 2.45) is 0 Å². The second kappa shape index (κ2) is 13.1.